The minimum absolute atomic E-state index is 0.0164. The Kier molecular flexibility index (Phi) is 4.39. The highest BCUT2D eigenvalue weighted by Crippen LogP contribution is 2.25. The Balaban J connectivity index is 1.95. The van der Waals surface area contributed by atoms with Gasteiger partial charge >= 0.3 is 5.97 Å². The van der Waals surface area contributed by atoms with Crippen molar-refractivity contribution >= 4 is 11.9 Å². The van der Waals surface area contributed by atoms with Gasteiger partial charge in [-0.3, -0.25) is 9.59 Å². The lowest BCUT2D eigenvalue weighted by molar-refractivity contribution is -0.143. The smallest absolute Gasteiger partial charge is 0.308 e. The van der Waals surface area contributed by atoms with Crippen LogP contribution in [0.5, 0.6) is 0 Å². The number of amides is 1. The molecule has 4 nitrogen and oxygen atoms in total. The Labute approximate surface area is 107 Å². The highest BCUT2D eigenvalue weighted by molar-refractivity contribution is 5.81. The summed E-state index contributed by atoms with van der Waals surface area (Å²) in [6.07, 6.45) is 10.1. The van der Waals surface area contributed by atoms with Gasteiger partial charge < -0.3 is 10.4 Å². The van der Waals surface area contributed by atoms with Crippen LogP contribution in [0.15, 0.2) is 12.2 Å². The molecule has 4 heteroatoms. The van der Waals surface area contributed by atoms with Crippen molar-refractivity contribution in [2.45, 2.75) is 51.0 Å². The molecule has 2 aliphatic carbocycles. The molecular weight excluding hydrogens is 230 g/mol. The molecule has 0 aliphatic heterocycles. The second-order valence-electron chi connectivity index (χ2n) is 5.34. The quantitative estimate of drug-likeness (QED) is 0.596. The number of rotatable bonds is 3. The van der Waals surface area contributed by atoms with Crippen LogP contribution < -0.4 is 5.32 Å². The van der Waals surface area contributed by atoms with Crippen LogP contribution in [-0.2, 0) is 9.59 Å². The number of carbonyl (C=O) groups is 2. The molecule has 2 unspecified atom stereocenters. The van der Waals surface area contributed by atoms with E-state index < -0.39 is 11.9 Å². The van der Waals surface area contributed by atoms with Crippen molar-refractivity contribution in [3.8, 4) is 0 Å². The summed E-state index contributed by atoms with van der Waals surface area (Å²) in [7, 11) is 0. The molecule has 0 aromatic carbocycles. The summed E-state index contributed by atoms with van der Waals surface area (Å²) in [4.78, 5) is 23.3. The molecule has 0 saturated heterocycles. The van der Waals surface area contributed by atoms with Crippen molar-refractivity contribution in [3.05, 3.63) is 12.2 Å². The third-order valence-corrected chi connectivity index (χ3v) is 4.04. The van der Waals surface area contributed by atoms with Crippen molar-refractivity contribution < 1.29 is 14.7 Å². The van der Waals surface area contributed by atoms with Crippen LogP contribution in [0.3, 0.4) is 0 Å². The molecule has 0 aromatic heterocycles. The van der Waals surface area contributed by atoms with E-state index in [2.05, 4.69) is 5.32 Å². The molecule has 1 saturated carbocycles. The van der Waals surface area contributed by atoms with Crippen LogP contribution in [-0.4, -0.2) is 23.0 Å². The highest BCUT2D eigenvalue weighted by Gasteiger charge is 2.32. The highest BCUT2D eigenvalue weighted by atomic mass is 16.4. The van der Waals surface area contributed by atoms with Gasteiger partial charge in [0.2, 0.25) is 5.91 Å². The second-order valence-corrected chi connectivity index (χ2v) is 5.34. The van der Waals surface area contributed by atoms with Crippen LogP contribution in [0.25, 0.3) is 0 Å². The maximum atomic E-state index is 12.0. The number of allylic oxidation sites excluding steroid dienone is 2. The van der Waals surface area contributed by atoms with Gasteiger partial charge in [0, 0.05) is 12.0 Å². The summed E-state index contributed by atoms with van der Waals surface area (Å²) >= 11 is 0. The van der Waals surface area contributed by atoms with E-state index in [4.69, 9.17) is 0 Å². The molecule has 1 amide bonds. The Morgan fingerprint density at radius 3 is 2.39 bits per heavy atom. The second kappa shape index (κ2) is 6.03. The first kappa shape index (κ1) is 13.1. The average molecular weight is 251 g/mol. The minimum atomic E-state index is -0.772. The van der Waals surface area contributed by atoms with Gasteiger partial charge in [-0.25, -0.2) is 0 Å². The average Bonchev–Trinajstić information content (AvgIpc) is 2.77. The van der Waals surface area contributed by atoms with Crippen molar-refractivity contribution in [1.82, 2.24) is 5.32 Å². The number of hydrogen-bond acceptors (Lipinski definition) is 2. The fraction of sp³-hybridized carbons (Fsp3) is 0.714. The van der Waals surface area contributed by atoms with Crippen LogP contribution in [0.1, 0.15) is 44.9 Å². The van der Waals surface area contributed by atoms with Gasteiger partial charge in [0.05, 0.1) is 5.92 Å². The summed E-state index contributed by atoms with van der Waals surface area (Å²) in [6.45, 7) is 0. The minimum Gasteiger partial charge on any atom is -0.481 e. The molecule has 18 heavy (non-hydrogen) atoms. The molecule has 0 heterocycles. The van der Waals surface area contributed by atoms with E-state index in [1.807, 2.05) is 12.2 Å². The van der Waals surface area contributed by atoms with Crippen LogP contribution in [0.2, 0.25) is 0 Å². The van der Waals surface area contributed by atoms with Gasteiger partial charge in [-0.05, 0) is 25.7 Å². The zero-order chi connectivity index (χ0) is 13.0. The Morgan fingerprint density at radius 2 is 1.72 bits per heavy atom. The first-order valence-corrected chi connectivity index (χ1v) is 6.86. The van der Waals surface area contributed by atoms with Crippen molar-refractivity contribution in [1.29, 1.82) is 0 Å². The summed E-state index contributed by atoms with van der Waals surface area (Å²) < 4.78 is 0. The number of carboxylic acid groups (broad SMARTS) is 1. The normalized spacial score (nSPS) is 28.9. The van der Waals surface area contributed by atoms with E-state index in [0.29, 0.717) is 6.42 Å². The van der Waals surface area contributed by atoms with E-state index in [1.54, 1.807) is 0 Å². The van der Waals surface area contributed by atoms with Crippen molar-refractivity contribution in [3.63, 3.8) is 0 Å². The lowest BCUT2D eigenvalue weighted by atomic mass is 9.94. The van der Waals surface area contributed by atoms with Crippen molar-refractivity contribution in [2.24, 2.45) is 11.8 Å². The molecule has 2 N–H and O–H groups in total. The zero-order valence-electron chi connectivity index (χ0n) is 10.6. The SMILES string of the molecule is O=C(NC1CCCCCC1C(=O)O)C1CC=CC1. The number of aliphatic carboxylic acids is 1. The summed E-state index contributed by atoms with van der Waals surface area (Å²) in [6, 6.07) is -0.182. The monoisotopic (exact) mass is 251 g/mol. The molecular formula is C14H21NO3. The molecule has 1 fully saturated rings. The van der Waals surface area contributed by atoms with E-state index in [-0.39, 0.29) is 17.9 Å². The summed E-state index contributed by atoms with van der Waals surface area (Å²) in [5.74, 6) is -1.14. The molecule has 2 aliphatic rings. The molecule has 0 aromatic rings. The van der Waals surface area contributed by atoms with Gasteiger partial charge in [0.15, 0.2) is 0 Å². The summed E-state index contributed by atoms with van der Waals surface area (Å²) in [5, 5.41) is 12.2. The molecule has 0 bridgehead atoms. The molecule has 2 rings (SSSR count). The fourth-order valence-corrected chi connectivity index (χ4v) is 2.91. The Morgan fingerprint density at radius 1 is 1.06 bits per heavy atom. The molecule has 0 spiro atoms. The van der Waals surface area contributed by atoms with Gasteiger partial charge in [-0.1, -0.05) is 31.4 Å². The molecule has 2 atom stereocenters. The van der Waals surface area contributed by atoms with E-state index in [1.165, 1.54) is 0 Å². The van der Waals surface area contributed by atoms with E-state index >= 15 is 0 Å². The lowest BCUT2D eigenvalue weighted by Crippen LogP contribution is -2.44. The number of carboxylic acids is 1. The van der Waals surface area contributed by atoms with E-state index in [9.17, 15) is 14.7 Å². The Hall–Kier alpha value is -1.32. The van der Waals surface area contributed by atoms with Gasteiger partial charge in [0.1, 0.15) is 0 Å². The fourth-order valence-electron chi connectivity index (χ4n) is 2.91. The van der Waals surface area contributed by atoms with Gasteiger partial charge in [-0.15, -0.1) is 0 Å². The largest absolute Gasteiger partial charge is 0.481 e. The third-order valence-electron chi connectivity index (χ3n) is 4.04. The predicted octanol–water partition coefficient (Wildman–Crippen LogP) is 2.10. The maximum absolute atomic E-state index is 12.0. The zero-order valence-corrected chi connectivity index (χ0v) is 10.6. The maximum Gasteiger partial charge on any atom is 0.308 e. The van der Waals surface area contributed by atoms with Crippen molar-refractivity contribution in [2.75, 3.05) is 0 Å². The topological polar surface area (TPSA) is 66.4 Å². The van der Waals surface area contributed by atoms with Crippen LogP contribution in [0.4, 0.5) is 0 Å². The predicted molar refractivity (Wildman–Crippen MR) is 68.0 cm³/mol. The van der Waals surface area contributed by atoms with Crippen LogP contribution in [0, 0.1) is 11.8 Å². The molecule has 100 valence electrons. The first-order chi connectivity index (χ1) is 8.68. The number of nitrogens with one attached hydrogen (secondary N) is 1. The summed E-state index contributed by atoms with van der Waals surface area (Å²) in [5.41, 5.74) is 0. The van der Waals surface area contributed by atoms with Gasteiger partial charge in [-0.2, -0.15) is 0 Å². The number of carbonyl (C=O) groups excluding carboxylic acids is 1. The Bertz CT molecular complexity index is 343. The van der Waals surface area contributed by atoms with Crippen LogP contribution >= 0.6 is 0 Å². The molecule has 0 radical (unpaired) electrons. The van der Waals surface area contributed by atoms with Gasteiger partial charge in [0.25, 0.3) is 0 Å². The lowest BCUT2D eigenvalue weighted by Gasteiger charge is -2.24. The first-order valence-electron chi connectivity index (χ1n) is 6.86. The standard InChI is InChI=1S/C14H21NO3/c16-13(10-6-4-5-7-10)15-12-9-3-1-2-8-11(12)14(17)18/h4-5,10-12H,1-3,6-9H2,(H,15,16)(H,17,18). The number of hydrogen-bond donors (Lipinski definition) is 2. The van der Waals surface area contributed by atoms with E-state index in [0.717, 1.165) is 38.5 Å². The third kappa shape index (κ3) is 3.12.